The number of aromatic nitrogens is 1. The molecule has 0 bridgehead atoms. The zero-order chi connectivity index (χ0) is 6.69. The Labute approximate surface area is 63.1 Å². The predicted octanol–water partition coefficient (Wildman–Crippen LogP) is 2.39. The van der Waals surface area contributed by atoms with Crippen LogP contribution in [0.15, 0.2) is 23.3 Å². The van der Waals surface area contributed by atoms with Gasteiger partial charge in [0.15, 0.2) is 0 Å². The first-order valence-corrected chi connectivity index (χ1v) is 3.64. The van der Waals surface area contributed by atoms with Crippen LogP contribution >= 0.6 is 15.9 Å². The fourth-order valence-corrected chi connectivity index (χ4v) is 0.983. The Hall–Kier alpha value is -0.500. The molecule has 0 radical (unpaired) electrons. The van der Waals surface area contributed by atoms with Crippen molar-refractivity contribution < 1.29 is 0 Å². The Morgan fingerprint density at radius 1 is 1.67 bits per heavy atom. The van der Waals surface area contributed by atoms with Gasteiger partial charge < -0.3 is 4.57 Å². The van der Waals surface area contributed by atoms with Gasteiger partial charge in [-0.1, -0.05) is 15.9 Å². The van der Waals surface area contributed by atoms with Crippen LogP contribution in [-0.2, 0) is 7.05 Å². The average molecular weight is 186 g/mol. The number of rotatable bonds is 1. The third kappa shape index (κ3) is 1.45. The summed E-state index contributed by atoms with van der Waals surface area (Å²) < 4.78 is 2.05. The van der Waals surface area contributed by atoms with E-state index in [1.807, 2.05) is 30.4 Å². The van der Waals surface area contributed by atoms with Crippen LogP contribution in [0.2, 0.25) is 0 Å². The van der Waals surface area contributed by atoms with Crippen LogP contribution < -0.4 is 0 Å². The van der Waals surface area contributed by atoms with Crippen molar-refractivity contribution in [3.63, 3.8) is 0 Å². The molecule has 0 aliphatic heterocycles. The smallest absolute Gasteiger partial charge is 0.0409 e. The molecule has 0 unspecified atom stereocenters. The zero-order valence-electron chi connectivity index (χ0n) is 5.21. The molecule has 1 nitrogen and oxygen atoms in total. The predicted molar refractivity (Wildman–Crippen MR) is 43.4 cm³/mol. The second-order valence-electron chi connectivity index (χ2n) is 1.84. The van der Waals surface area contributed by atoms with Crippen molar-refractivity contribution in [1.29, 1.82) is 0 Å². The molecule has 48 valence electrons. The maximum Gasteiger partial charge on any atom is 0.0409 e. The minimum atomic E-state index is 1.20. The summed E-state index contributed by atoms with van der Waals surface area (Å²) in [6.07, 6.45) is 4.02. The molecule has 0 N–H and O–H groups in total. The Morgan fingerprint density at radius 2 is 2.44 bits per heavy atom. The summed E-state index contributed by atoms with van der Waals surface area (Å²) in [4.78, 5) is 1.85. The molecule has 0 spiro atoms. The normalized spacial score (nSPS) is 10.9. The van der Waals surface area contributed by atoms with E-state index in [-0.39, 0.29) is 0 Å². The lowest BCUT2D eigenvalue weighted by molar-refractivity contribution is 0.915. The SMILES string of the molecule is Cn1cccc1/C=C/Br. The fourth-order valence-electron chi connectivity index (χ4n) is 0.712. The molecule has 0 fully saturated rings. The minimum absolute atomic E-state index is 1.20. The van der Waals surface area contributed by atoms with Crippen molar-refractivity contribution in [2.75, 3.05) is 0 Å². The topological polar surface area (TPSA) is 4.93 Å². The summed E-state index contributed by atoms with van der Waals surface area (Å²) in [6, 6.07) is 4.07. The molecule has 0 saturated carbocycles. The number of nitrogens with zero attached hydrogens (tertiary/aromatic N) is 1. The van der Waals surface area contributed by atoms with Crippen LogP contribution in [0.4, 0.5) is 0 Å². The summed E-state index contributed by atoms with van der Waals surface area (Å²) in [6.45, 7) is 0. The summed E-state index contributed by atoms with van der Waals surface area (Å²) in [5, 5.41) is 0. The first-order chi connectivity index (χ1) is 4.34. The first-order valence-electron chi connectivity index (χ1n) is 2.72. The molecule has 1 aromatic heterocycles. The summed E-state index contributed by atoms with van der Waals surface area (Å²) in [5.41, 5.74) is 1.20. The van der Waals surface area contributed by atoms with Crippen LogP contribution in [0.1, 0.15) is 5.69 Å². The number of aryl methyl sites for hydroxylation is 1. The van der Waals surface area contributed by atoms with Gasteiger partial charge in [-0.2, -0.15) is 0 Å². The van der Waals surface area contributed by atoms with E-state index in [9.17, 15) is 0 Å². The highest BCUT2D eigenvalue weighted by atomic mass is 79.9. The molecule has 1 heterocycles. The number of hydrogen-bond acceptors (Lipinski definition) is 0. The van der Waals surface area contributed by atoms with Gasteiger partial charge in [0.05, 0.1) is 0 Å². The minimum Gasteiger partial charge on any atom is -0.351 e. The van der Waals surface area contributed by atoms with Gasteiger partial charge in [0.2, 0.25) is 0 Å². The number of hydrogen-bond donors (Lipinski definition) is 0. The van der Waals surface area contributed by atoms with Gasteiger partial charge in [-0.3, -0.25) is 0 Å². The average Bonchev–Trinajstić information content (AvgIpc) is 2.18. The first kappa shape index (κ1) is 6.62. The Morgan fingerprint density at radius 3 is 2.89 bits per heavy atom. The van der Waals surface area contributed by atoms with Gasteiger partial charge >= 0.3 is 0 Å². The van der Waals surface area contributed by atoms with Crippen molar-refractivity contribution in [1.82, 2.24) is 4.57 Å². The molecule has 9 heavy (non-hydrogen) atoms. The molecule has 0 aromatic carbocycles. The highest BCUT2D eigenvalue weighted by Gasteiger charge is 1.86. The van der Waals surface area contributed by atoms with E-state index >= 15 is 0 Å². The third-order valence-electron chi connectivity index (χ3n) is 1.22. The van der Waals surface area contributed by atoms with Crippen molar-refractivity contribution in [3.05, 3.63) is 29.0 Å². The van der Waals surface area contributed by atoms with Crippen molar-refractivity contribution in [3.8, 4) is 0 Å². The van der Waals surface area contributed by atoms with Crippen molar-refractivity contribution in [2.45, 2.75) is 0 Å². The zero-order valence-corrected chi connectivity index (χ0v) is 6.80. The second kappa shape index (κ2) is 2.87. The standard InChI is InChI=1S/C7H8BrN/c1-9-6-2-3-7(9)4-5-8/h2-6H,1H3/b5-4+. The second-order valence-corrected chi connectivity index (χ2v) is 2.37. The summed E-state index contributed by atoms with van der Waals surface area (Å²) in [5.74, 6) is 0. The van der Waals surface area contributed by atoms with E-state index in [1.54, 1.807) is 0 Å². The maximum atomic E-state index is 3.21. The van der Waals surface area contributed by atoms with Crippen molar-refractivity contribution >= 4 is 22.0 Å². The van der Waals surface area contributed by atoms with Crippen LogP contribution in [-0.4, -0.2) is 4.57 Å². The molecular formula is C7H8BrN. The maximum absolute atomic E-state index is 3.21. The molecule has 0 aliphatic carbocycles. The number of halogens is 1. The summed E-state index contributed by atoms with van der Waals surface area (Å²) >= 11 is 3.21. The molecule has 0 aliphatic rings. The van der Waals surface area contributed by atoms with Crippen LogP contribution in [0.25, 0.3) is 6.08 Å². The largest absolute Gasteiger partial charge is 0.351 e. The Balaban J connectivity index is 2.94. The summed E-state index contributed by atoms with van der Waals surface area (Å²) in [7, 11) is 2.02. The van der Waals surface area contributed by atoms with E-state index in [0.717, 1.165) is 0 Å². The molecule has 0 amide bonds. The lowest BCUT2D eigenvalue weighted by Crippen LogP contribution is -1.85. The van der Waals surface area contributed by atoms with Crippen LogP contribution in [0.5, 0.6) is 0 Å². The lowest BCUT2D eigenvalue weighted by atomic mass is 10.4. The third-order valence-corrected chi connectivity index (χ3v) is 1.48. The van der Waals surface area contributed by atoms with Gasteiger partial charge in [-0.25, -0.2) is 0 Å². The van der Waals surface area contributed by atoms with Crippen LogP contribution in [0.3, 0.4) is 0 Å². The highest BCUT2D eigenvalue weighted by molar-refractivity contribution is 9.11. The molecule has 1 aromatic rings. The van der Waals surface area contributed by atoms with E-state index < -0.39 is 0 Å². The van der Waals surface area contributed by atoms with Gasteiger partial charge in [0.25, 0.3) is 0 Å². The Kier molecular flexibility index (Phi) is 2.11. The molecule has 1 rings (SSSR count). The van der Waals surface area contributed by atoms with E-state index in [1.165, 1.54) is 5.69 Å². The van der Waals surface area contributed by atoms with Gasteiger partial charge in [-0.05, 0) is 23.2 Å². The van der Waals surface area contributed by atoms with Gasteiger partial charge in [-0.15, -0.1) is 0 Å². The van der Waals surface area contributed by atoms with E-state index in [0.29, 0.717) is 0 Å². The molecule has 2 heteroatoms. The van der Waals surface area contributed by atoms with E-state index in [4.69, 9.17) is 0 Å². The lowest BCUT2D eigenvalue weighted by Gasteiger charge is -1.92. The van der Waals surface area contributed by atoms with E-state index in [2.05, 4.69) is 26.6 Å². The highest BCUT2D eigenvalue weighted by Crippen LogP contribution is 2.02. The Bertz CT molecular complexity index is 212. The quantitative estimate of drug-likeness (QED) is 0.634. The molecule has 0 atom stereocenters. The molecular weight excluding hydrogens is 178 g/mol. The fraction of sp³-hybridized carbons (Fsp3) is 0.143. The monoisotopic (exact) mass is 185 g/mol. The van der Waals surface area contributed by atoms with Crippen LogP contribution in [0, 0.1) is 0 Å². The van der Waals surface area contributed by atoms with Gasteiger partial charge in [0, 0.05) is 18.9 Å². The van der Waals surface area contributed by atoms with Crippen molar-refractivity contribution in [2.24, 2.45) is 7.05 Å². The van der Waals surface area contributed by atoms with Gasteiger partial charge in [0.1, 0.15) is 0 Å². The molecule has 0 saturated heterocycles.